The summed E-state index contributed by atoms with van der Waals surface area (Å²) in [6.45, 7) is 10.1. The van der Waals surface area contributed by atoms with Crippen LogP contribution in [0.25, 0.3) is 0 Å². The Morgan fingerprint density at radius 2 is 1.61 bits per heavy atom. The number of nitrogens with zero attached hydrogens (tertiary/aromatic N) is 1. The summed E-state index contributed by atoms with van der Waals surface area (Å²) >= 11 is 0. The van der Waals surface area contributed by atoms with Gasteiger partial charge in [0.25, 0.3) is 5.91 Å². The number of hydrogen-bond acceptors (Lipinski definition) is 1. The van der Waals surface area contributed by atoms with E-state index in [4.69, 9.17) is 0 Å². The van der Waals surface area contributed by atoms with E-state index in [9.17, 15) is 4.79 Å². The Bertz CT molecular complexity index is 361. The van der Waals surface area contributed by atoms with Gasteiger partial charge in [0.05, 0.1) is 0 Å². The Morgan fingerprint density at radius 3 is 2.11 bits per heavy atom. The third kappa shape index (κ3) is 3.86. The summed E-state index contributed by atoms with van der Waals surface area (Å²) in [5.74, 6) is 0.953. The number of carbonyl (C=O) groups is 1. The smallest absolute Gasteiger partial charge is 0.253 e. The molecular formula is C16H25NO. The minimum atomic E-state index is 0.187. The van der Waals surface area contributed by atoms with Gasteiger partial charge in [-0.3, -0.25) is 4.79 Å². The van der Waals surface area contributed by atoms with Gasteiger partial charge in [0.15, 0.2) is 0 Å². The minimum Gasteiger partial charge on any atom is -0.339 e. The quantitative estimate of drug-likeness (QED) is 0.737. The van der Waals surface area contributed by atoms with Gasteiger partial charge in [-0.2, -0.15) is 0 Å². The first-order valence-corrected chi connectivity index (χ1v) is 7.03. The van der Waals surface area contributed by atoms with E-state index in [0.717, 1.165) is 37.4 Å². The molecule has 1 aromatic carbocycles. The van der Waals surface area contributed by atoms with Crippen LogP contribution >= 0.6 is 0 Å². The molecule has 0 bridgehead atoms. The zero-order valence-electron chi connectivity index (χ0n) is 12.1. The number of aryl methyl sites for hydroxylation is 1. The van der Waals surface area contributed by atoms with Crippen molar-refractivity contribution in [2.24, 2.45) is 5.92 Å². The first-order chi connectivity index (χ1) is 8.66. The van der Waals surface area contributed by atoms with Crippen LogP contribution in [0, 0.1) is 12.8 Å². The van der Waals surface area contributed by atoms with Crippen LogP contribution in [0.4, 0.5) is 0 Å². The van der Waals surface area contributed by atoms with E-state index in [0.29, 0.717) is 0 Å². The highest BCUT2D eigenvalue weighted by molar-refractivity contribution is 5.94. The van der Waals surface area contributed by atoms with Crippen molar-refractivity contribution in [2.75, 3.05) is 13.1 Å². The van der Waals surface area contributed by atoms with Crippen molar-refractivity contribution in [3.8, 4) is 0 Å². The van der Waals surface area contributed by atoms with Crippen molar-refractivity contribution in [2.45, 2.75) is 40.5 Å². The first-order valence-electron chi connectivity index (χ1n) is 7.03. The molecule has 0 atom stereocenters. The molecule has 1 aromatic rings. The summed E-state index contributed by atoms with van der Waals surface area (Å²) in [6, 6.07) is 7.85. The third-order valence-electron chi connectivity index (χ3n) is 3.37. The normalized spacial score (nSPS) is 15.9. The lowest BCUT2D eigenvalue weighted by Gasteiger charge is -2.30. The molecule has 1 amide bonds. The van der Waals surface area contributed by atoms with Gasteiger partial charge in [0, 0.05) is 18.7 Å². The molecule has 2 nitrogen and oxygen atoms in total. The largest absolute Gasteiger partial charge is 0.339 e. The summed E-state index contributed by atoms with van der Waals surface area (Å²) in [4.78, 5) is 14.1. The van der Waals surface area contributed by atoms with Crippen molar-refractivity contribution in [1.29, 1.82) is 0 Å². The summed E-state index contributed by atoms with van der Waals surface area (Å²) in [7, 11) is 0. The zero-order valence-corrected chi connectivity index (χ0v) is 12.1. The van der Waals surface area contributed by atoms with Gasteiger partial charge in [0.1, 0.15) is 0 Å². The molecule has 2 heteroatoms. The standard InChI is InChI=1S/C14H19NO.C2H6/c1-11-3-5-13(6-4-11)14(16)15-9-7-12(2)8-10-15;1-2/h3-6,12H,7-10H2,1-2H3;1-2H3. The number of benzene rings is 1. The Balaban J connectivity index is 0.000000771. The van der Waals surface area contributed by atoms with Gasteiger partial charge < -0.3 is 4.90 Å². The van der Waals surface area contributed by atoms with Crippen LogP contribution in [-0.2, 0) is 0 Å². The third-order valence-corrected chi connectivity index (χ3v) is 3.37. The van der Waals surface area contributed by atoms with Crippen molar-refractivity contribution < 1.29 is 4.79 Å². The topological polar surface area (TPSA) is 20.3 Å². The van der Waals surface area contributed by atoms with E-state index in [1.807, 2.05) is 49.9 Å². The predicted molar refractivity (Wildman–Crippen MR) is 76.8 cm³/mol. The SMILES string of the molecule is CC.Cc1ccc(C(=O)N2CCC(C)CC2)cc1. The van der Waals surface area contributed by atoms with Crippen LogP contribution in [-0.4, -0.2) is 23.9 Å². The van der Waals surface area contributed by atoms with Crippen molar-refractivity contribution >= 4 is 5.91 Å². The van der Waals surface area contributed by atoms with Crippen LogP contribution in [0.3, 0.4) is 0 Å². The van der Waals surface area contributed by atoms with Gasteiger partial charge in [-0.1, -0.05) is 38.5 Å². The molecular weight excluding hydrogens is 222 g/mol. The van der Waals surface area contributed by atoms with Gasteiger partial charge in [-0.05, 0) is 37.8 Å². The molecule has 0 spiro atoms. The molecule has 0 N–H and O–H groups in total. The second kappa shape index (κ2) is 7.20. The number of amides is 1. The summed E-state index contributed by atoms with van der Waals surface area (Å²) in [5.41, 5.74) is 2.02. The molecule has 0 aliphatic carbocycles. The van der Waals surface area contributed by atoms with Crippen LogP contribution < -0.4 is 0 Å². The molecule has 18 heavy (non-hydrogen) atoms. The number of carbonyl (C=O) groups excluding carboxylic acids is 1. The minimum absolute atomic E-state index is 0.187. The van der Waals surface area contributed by atoms with E-state index in [-0.39, 0.29) is 5.91 Å². The molecule has 100 valence electrons. The second-order valence-electron chi connectivity index (χ2n) is 4.84. The van der Waals surface area contributed by atoms with Gasteiger partial charge >= 0.3 is 0 Å². The maximum absolute atomic E-state index is 12.1. The molecule has 0 radical (unpaired) electrons. The lowest BCUT2D eigenvalue weighted by Crippen LogP contribution is -2.37. The summed E-state index contributed by atoms with van der Waals surface area (Å²) in [5, 5.41) is 0. The maximum atomic E-state index is 12.1. The van der Waals surface area contributed by atoms with Gasteiger partial charge in [-0.15, -0.1) is 0 Å². The molecule has 1 saturated heterocycles. The lowest BCUT2D eigenvalue weighted by atomic mass is 9.98. The Kier molecular flexibility index (Phi) is 5.90. The monoisotopic (exact) mass is 247 g/mol. The lowest BCUT2D eigenvalue weighted by molar-refractivity contribution is 0.0697. The van der Waals surface area contributed by atoms with Crippen LogP contribution in [0.1, 0.15) is 49.5 Å². The number of hydrogen-bond donors (Lipinski definition) is 0. The van der Waals surface area contributed by atoms with E-state index < -0.39 is 0 Å². The Morgan fingerprint density at radius 1 is 1.11 bits per heavy atom. The van der Waals surface area contributed by atoms with E-state index in [1.54, 1.807) is 0 Å². The number of likely N-dealkylation sites (tertiary alicyclic amines) is 1. The average molecular weight is 247 g/mol. The molecule has 0 unspecified atom stereocenters. The maximum Gasteiger partial charge on any atom is 0.253 e. The highest BCUT2D eigenvalue weighted by Gasteiger charge is 2.20. The van der Waals surface area contributed by atoms with E-state index in [2.05, 4.69) is 6.92 Å². The number of rotatable bonds is 1. The molecule has 0 aromatic heterocycles. The average Bonchev–Trinajstić information content (AvgIpc) is 2.42. The highest BCUT2D eigenvalue weighted by atomic mass is 16.2. The molecule has 2 rings (SSSR count). The molecule has 1 fully saturated rings. The fourth-order valence-electron chi connectivity index (χ4n) is 2.09. The van der Waals surface area contributed by atoms with Crippen LogP contribution in [0.15, 0.2) is 24.3 Å². The van der Waals surface area contributed by atoms with Gasteiger partial charge in [0.2, 0.25) is 0 Å². The van der Waals surface area contributed by atoms with E-state index >= 15 is 0 Å². The zero-order chi connectivity index (χ0) is 13.5. The van der Waals surface area contributed by atoms with Crippen molar-refractivity contribution in [1.82, 2.24) is 4.90 Å². The fourth-order valence-corrected chi connectivity index (χ4v) is 2.09. The van der Waals surface area contributed by atoms with Crippen LogP contribution in [0.2, 0.25) is 0 Å². The van der Waals surface area contributed by atoms with Crippen molar-refractivity contribution in [3.63, 3.8) is 0 Å². The van der Waals surface area contributed by atoms with E-state index in [1.165, 1.54) is 5.56 Å². The molecule has 1 aliphatic heterocycles. The fraction of sp³-hybridized carbons (Fsp3) is 0.562. The predicted octanol–water partition coefficient (Wildman–Crippen LogP) is 3.89. The Hall–Kier alpha value is -1.31. The molecule has 1 heterocycles. The van der Waals surface area contributed by atoms with Crippen LogP contribution in [0.5, 0.6) is 0 Å². The second-order valence-corrected chi connectivity index (χ2v) is 4.84. The summed E-state index contributed by atoms with van der Waals surface area (Å²) in [6.07, 6.45) is 2.27. The van der Waals surface area contributed by atoms with Gasteiger partial charge in [-0.25, -0.2) is 0 Å². The highest BCUT2D eigenvalue weighted by Crippen LogP contribution is 2.18. The Labute approximate surface area is 111 Å². The summed E-state index contributed by atoms with van der Waals surface area (Å²) < 4.78 is 0. The first kappa shape index (κ1) is 14.7. The van der Waals surface area contributed by atoms with Crippen molar-refractivity contribution in [3.05, 3.63) is 35.4 Å². The number of piperidine rings is 1. The molecule has 1 aliphatic rings. The molecule has 0 saturated carbocycles.